The predicted molar refractivity (Wildman–Crippen MR) is 113 cm³/mol. The van der Waals surface area contributed by atoms with Gasteiger partial charge in [-0.15, -0.1) is 0 Å². The molecule has 154 valence electrons. The van der Waals surface area contributed by atoms with Gasteiger partial charge in [0.15, 0.2) is 5.78 Å². The number of amides is 1. The summed E-state index contributed by atoms with van der Waals surface area (Å²) in [5.74, 6) is 1.48. The minimum absolute atomic E-state index is 0.00345. The summed E-state index contributed by atoms with van der Waals surface area (Å²) in [5, 5.41) is 2.91. The third-order valence-electron chi connectivity index (χ3n) is 5.13. The van der Waals surface area contributed by atoms with Gasteiger partial charge in [0, 0.05) is 42.5 Å². The SMILES string of the molecule is CCOc1cc2c(cc1CNC(=O)CCC(=O)c1cc(C)ccc1C)O[C@H](C)C2. The molecule has 2 aromatic carbocycles. The third kappa shape index (κ3) is 5.17. The van der Waals surface area contributed by atoms with Crippen LogP contribution in [0.2, 0.25) is 0 Å². The van der Waals surface area contributed by atoms with Crippen molar-refractivity contribution >= 4 is 11.7 Å². The van der Waals surface area contributed by atoms with E-state index in [1.165, 1.54) is 0 Å². The lowest BCUT2D eigenvalue weighted by molar-refractivity contribution is -0.121. The summed E-state index contributed by atoms with van der Waals surface area (Å²) in [7, 11) is 0. The van der Waals surface area contributed by atoms with Crippen molar-refractivity contribution in [2.75, 3.05) is 6.61 Å². The number of benzene rings is 2. The molecule has 3 rings (SSSR count). The average molecular weight is 395 g/mol. The molecule has 0 bridgehead atoms. The normalized spacial score (nSPS) is 14.8. The molecule has 0 saturated heterocycles. The van der Waals surface area contributed by atoms with Crippen LogP contribution in [0.4, 0.5) is 0 Å². The summed E-state index contributed by atoms with van der Waals surface area (Å²) in [6, 6.07) is 9.76. The zero-order valence-corrected chi connectivity index (χ0v) is 17.6. The number of carbonyl (C=O) groups is 2. The van der Waals surface area contributed by atoms with Gasteiger partial charge in [0.05, 0.1) is 6.61 Å². The molecule has 0 fully saturated rings. The first-order chi connectivity index (χ1) is 13.9. The Bertz CT molecular complexity index is 919. The van der Waals surface area contributed by atoms with E-state index in [2.05, 4.69) is 5.32 Å². The summed E-state index contributed by atoms with van der Waals surface area (Å²) in [6.07, 6.45) is 1.37. The van der Waals surface area contributed by atoms with Crippen molar-refractivity contribution in [2.45, 2.75) is 59.6 Å². The van der Waals surface area contributed by atoms with E-state index in [-0.39, 0.29) is 30.6 Å². The molecule has 1 atom stereocenters. The molecule has 5 heteroatoms. The van der Waals surface area contributed by atoms with Crippen LogP contribution in [0.3, 0.4) is 0 Å². The van der Waals surface area contributed by atoms with E-state index in [1.54, 1.807) is 0 Å². The lowest BCUT2D eigenvalue weighted by atomic mass is 9.99. The highest BCUT2D eigenvalue weighted by molar-refractivity contribution is 5.99. The van der Waals surface area contributed by atoms with Crippen LogP contribution in [-0.4, -0.2) is 24.4 Å². The first-order valence-electron chi connectivity index (χ1n) is 10.2. The van der Waals surface area contributed by atoms with Crippen LogP contribution in [0.15, 0.2) is 30.3 Å². The van der Waals surface area contributed by atoms with E-state index in [9.17, 15) is 9.59 Å². The molecule has 1 amide bonds. The molecular formula is C24H29NO4. The fourth-order valence-electron chi connectivity index (χ4n) is 3.59. The quantitative estimate of drug-likeness (QED) is 0.677. The number of aryl methyl sites for hydroxylation is 2. The molecule has 0 aliphatic carbocycles. The van der Waals surface area contributed by atoms with Crippen LogP contribution >= 0.6 is 0 Å². The molecule has 0 aromatic heterocycles. The van der Waals surface area contributed by atoms with Gasteiger partial charge in [0.2, 0.25) is 5.91 Å². The van der Waals surface area contributed by atoms with Gasteiger partial charge in [-0.2, -0.15) is 0 Å². The molecular weight excluding hydrogens is 366 g/mol. The van der Waals surface area contributed by atoms with Crippen molar-refractivity contribution in [3.8, 4) is 11.5 Å². The molecule has 5 nitrogen and oxygen atoms in total. The number of hydrogen-bond acceptors (Lipinski definition) is 4. The second-order valence-electron chi connectivity index (χ2n) is 7.65. The topological polar surface area (TPSA) is 64.6 Å². The molecule has 1 heterocycles. The average Bonchev–Trinajstić information content (AvgIpc) is 3.05. The fraction of sp³-hybridized carbons (Fsp3) is 0.417. The van der Waals surface area contributed by atoms with Crippen LogP contribution in [0.5, 0.6) is 11.5 Å². The lowest BCUT2D eigenvalue weighted by Crippen LogP contribution is -2.23. The maximum absolute atomic E-state index is 12.5. The Balaban J connectivity index is 1.59. The number of hydrogen-bond donors (Lipinski definition) is 1. The van der Waals surface area contributed by atoms with Crippen molar-refractivity contribution in [3.05, 3.63) is 58.1 Å². The maximum Gasteiger partial charge on any atom is 0.220 e. The smallest absolute Gasteiger partial charge is 0.220 e. The molecule has 0 radical (unpaired) electrons. The standard InChI is InChI=1S/C24H29NO4/c1-5-28-22-12-18-11-17(4)29-23(18)13-19(22)14-25-24(27)9-8-21(26)20-10-15(2)6-7-16(20)3/h6-7,10,12-13,17H,5,8-9,11,14H2,1-4H3,(H,25,27)/t17-/m1/s1. The molecule has 0 saturated carbocycles. The van der Waals surface area contributed by atoms with E-state index in [0.29, 0.717) is 18.7 Å². The van der Waals surface area contributed by atoms with Gasteiger partial charge in [-0.25, -0.2) is 0 Å². The first kappa shape index (κ1) is 20.9. The highest BCUT2D eigenvalue weighted by Gasteiger charge is 2.22. The van der Waals surface area contributed by atoms with Gasteiger partial charge in [-0.1, -0.05) is 17.7 Å². The van der Waals surface area contributed by atoms with E-state index >= 15 is 0 Å². The largest absolute Gasteiger partial charge is 0.494 e. The number of fused-ring (bicyclic) bond motifs is 1. The maximum atomic E-state index is 12.5. The number of ketones is 1. The number of carbonyl (C=O) groups excluding carboxylic acids is 2. The van der Waals surface area contributed by atoms with Crippen LogP contribution in [-0.2, 0) is 17.8 Å². The Morgan fingerprint density at radius 3 is 2.72 bits per heavy atom. The minimum atomic E-state index is -0.152. The highest BCUT2D eigenvalue weighted by atomic mass is 16.5. The number of rotatable bonds is 8. The predicted octanol–water partition coefficient (Wildman–Crippen LogP) is 4.30. The minimum Gasteiger partial charge on any atom is -0.494 e. The molecule has 1 aliphatic heterocycles. The Labute approximate surface area is 172 Å². The molecule has 1 aliphatic rings. The second-order valence-corrected chi connectivity index (χ2v) is 7.65. The van der Waals surface area contributed by atoms with Gasteiger partial charge in [0.25, 0.3) is 0 Å². The number of nitrogens with one attached hydrogen (secondary N) is 1. The molecule has 29 heavy (non-hydrogen) atoms. The van der Waals surface area contributed by atoms with Crippen LogP contribution in [0, 0.1) is 13.8 Å². The zero-order chi connectivity index (χ0) is 21.0. The number of ether oxygens (including phenoxy) is 2. The van der Waals surface area contributed by atoms with Crippen molar-refractivity contribution in [3.63, 3.8) is 0 Å². The van der Waals surface area contributed by atoms with Crippen molar-refractivity contribution in [1.29, 1.82) is 0 Å². The summed E-state index contributed by atoms with van der Waals surface area (Å²) in [6.45, 7) is 8.75. The van der Waals surface area contributed by atoms with Gasteiger partial charge in [-0.05, 0) is 51.5 Å². The summed E-state index contributed by atoms with van der Waals surface area (Å²) >= 11 is 0. The highest BCUT2D eigenvalue weighted by Crippen LogP contribution is 2.35. The Morgan fingerprint density at radius 1 is 1.17 bits per heavy atom. The zero-order valence-electron chi connectivity index (χ0n) is 17.6. The van der Waals surface area contributed by atoms with Crippen LogP contribution < -0.4 is 14.8 Å². The Kier molecular flexibility index (Phi) is 6.57. The van der Waals surface area contributed by atoms with Crippen molar-refractivity contribution in [2.24, 2.45) is 0 Å². The van der Waals surface area contributed by atoms with E-state index in [4.69, 9.17) is 9.47 Å². The van der Waals surface area contributed by atoms with E-state index in [1.807, 2.05) is 58.0 Å². The van der Waals surface area contributed by atoms with Crippen molar-refractivity contribution < 1.29 is 19.1 Å². The molecule has 0 spiro atoms. The Morgan fingerprint density at radius 2 is 1.97 bits per heavy atom. The van der Waals surface area contributed by atoms with Gasteiger partial charge in [-0.3, -0.25) is 9.59 Å². The second kappa shape index (κ2) is 9.12. The monoisotopic (exact) mass is 395 g/mol. The number of Topliss-reactive ketones (excluding diaryl/α,β-unsaturated/α-hetero) is 1. The molecule has 1 N–H and O–H groups in total. The lowest BCUT2D eigenvalue weighted by Gasteiger charge is -2.13. The fourth-order valence-corrected chi connectivity index (χ4v) is 3.59. The van der Waals surface area contributed by atoms with E-state index in [0.717, 1.165) is 40.2 Å². The third-order valence-corrected chi connectivity index (χ3v) is 5.13. The summed E-state index contributed by atoms with van der Waals surface area (Å²) in [4.78, 5) is 24.8. The summed E-state index contributed by atoms with van der Waals surface area (Å²) < 4.78 is 11.6. The van der Waals surface area contributed by atoms with Crippen LogP contribution in [0.25, 0.3) is 0 Å². The Hall–Kier alpha value is -2.82. The van der Waals surface area contributed by atoms with Crippen molar-refractivity contribution in [1.82, 2.24) is 5.32 Å². The van der Waals surface area contributed by atoms with Crippen LogP contribution in [0.1, 0.15) is 59.3 Å². The molecule has 2 aromatic rings. The van der Waals surface area contributed by atoms with E-state index < -0.39 is 0 Å². The summed E-state index contributed by atoms with van der Waals surface area (Å²) in [5.41, 5.74) is 4.69. The van der Waals surface area contributed by atoms with Gasteiger partial charge >= 0.3 is 0 Å². The van der Waals surface area contributed by atoms with Gasteiger partial charge < -0.3 is 14.8 Å². The molecule has 0 unspecified atom stereocenters. The first-order valence-corrected chi connectivity index (χ1v) is 10.2. The van der Waals surface area contributed by atoms with Gasteiger partial charge in [0.1, 0.15) is 17.6 Å².